The van der Waals surface area contributed by atoms with Gasteiger partial charge in [-0.25, -0.2) is 0 Å². The Morgan fingerprint density at radius 2 is 1.86 bits per heavy atom. The number of aryl methyl sites for hydroxylation is 1. The zero-order valence-electron chi connectivity index (χ0n) is 15.5. The summed E-state index contributed by atoms with van der Waals surface area (Å²) in [4.78, 5) is 4.46. The van der Waals surface area contributed by atoms with Gasteiger partial charge in [-0.2, -0.15) is 4.98 Å². The molecule has 2 aromatic heterocycles. The highest BCUT2D eigenvalue weighted by Gasteiger charge is 2.15. The minimum atomic E-state index is 0.251. The van der Waals surface area contributed by atoms with Crippen LogP contribution in [0.2, 0.25) is 0 Å². The maximum absolute atomic E-state index is 5.41. The molecule has 8 heteroatoms. The van der Waals surface area contributed by atoms with Crippen LogP contribution in [-0.2, 0) is 5.75 Å². The van der Waals surface area contributed by atoms with Crippen LogP contribution in [0.4, 0.5) is 0 Å². The van der Waals surface area contributed by atoms with Crippen molar-refractivity contribution in [1.82, 2.24) is 20.3 Å². The summed E-state index contributed by atoms with van der Waals surface area (Å²) < 4.78 is 16.1. The van der Waals surface area contributed by atoms with E-state index < -0.39 is 0 Å². The highest BCUT2D eigenvalue weighted by Crippen LogP contribution is 2.35. The number of hydrogen-bond donors (Lipinski definition) is 0. The Morgan fingerprint density at radius 1 is 0.931 bits per heavy atom. The van der Waals surface area contributed by atoms with Crippen LogP contribution in [0.15, 0.2) is 64.1 Å². The lowest BCUT2D eigenvalue weighted by Gasteiger charge is -2.03. The van der Waals surface area contributed by atoms with E-state index in [0.717, 1.165) is 38.9 Å². The molecule has 2 aromatic carbocycles. The van der Waals surface area contributed by atoms with Crippen molar-refractivity contribution in [3.05, 3.63) is 66.1 Å². The molecule has 0 N–H and O–H groups in total. The highest BCUT2D eigenvalue weighted by molar-refractivity contribution is 7.98. The van der Waals surface area contributed by atoms with Gasteiger partial charge in [-0.1, -0.05) is 40.7 Å². The second kappa shape index (κ2) is 7.56. The van der Waals surface area contributed by atoms with Crippen molar-refractivity contribution in [2.45, 2.75) is 17.7 Å². The summed E-state index contributed by atoms with van der Waals surface area (Å²) in [5.74, 6) is 3.14. The Morgan fingerprint density at radius 3 is 2.72 bits per heavy atom. The van der Waals surface area contributed by atoms with Crippen LogP contribution < -0.4 is 9.47 Å². The Hall–Kier alpha value is -3.39. The van der Waals surface area contributed by atoms with Crippen LogP contribution in [0.5, 0.6) is 11.5 Å². The number of thioether (sulfide) groups is 1. The number of nitrogens with zero attached hydrogens (tertiary/aromatic N) is 4. The van der Waals surface area contributed by atoms with Gasteiger partial charge in [-0.15, -0.1) is 10.2 Å². The van der Waals surface area contributed by atoms with Crippen LogP contribution in [0.3, 0.4) is 0 Å². The highest BCUT2D eigenvalue weighted by atomic mass is 32.2. The Balaban J connectivity index is 1.25. The zero-order valence-corrected chi connectivity index (χ0v) is 16.3. The Kier molecular flexibility index (Phi) is 4.61. The maximum Gasteiger partial charge on any atom is 0.237 e. The lowest BCUT2D eigenvalue weighted by atomic mass is 10.1. The minimum Gasteiger partial charge on any atom is -0.454 e. The van der Waals surface area contributed by atoms with Crippen LogP contribution in [0.1, 0.15) is 11.5 Å². The van der Waals surface area contributed by atoms with Gasteiger partial charge in [0.2, 0.25) is 18.5 Å². The van der Waals surface area contributed by atoms with E-state index in [1.807, 2.05) is 61.5 Å². The predicted molar refractivity (Wildman–Crippen MR) is 108 cm³/mol. The van der Waals surface area contributed by atoms with E-state index in [4.69, 9.17) is 14.0 Å². The number of fused-ring (bicyclic) bond motifs is 1. The van der Waals surface area contributed by atoms with Gasteiger partial charge < -0.3 is 14.0 Å². The molecule has 144 valence electrons. The van der Waals surface area contributed by atoms with Gasteiger partial charge in [-0.3, -0.25) is 0 Å². The fourth-order valence-corrected chi connectivity index (χ4v) is 3.61. The van der Waals surface area contributed by atoms with Crippen molar-refractivity contribution in [3.63, 3.8) is 0 Å². The predicted octanol–water partition coefficient (Wildman–Crippen LogP) is 4.52. The summed E-state index contributed by atoms with van der Waals surface area (Å²) in [6, 6.07) is 17.6. The van der Waals surface area contributed by atoms with Crippen LogP contribution in [-0.4, -0.2) is 27.1 Å². The van der Waals surface area contributed by atoms with Gasteiger partial charge >= 0.3 is 0 Å². The van der Waals surface area contributed by atoms with Gasteiger partial charge in [0.05, 0.1) is 11.4 Å². The van der Waals surface area contributed by atoms with E-state index in [1.54, 1.807) is 0 Å². The molecule has 1 aliphatic heterocycles. The number of hydrogen-bond acceptors (Lipinski definition) is 8. The van der Waals surface area contributed by atoms with E-state index in [-0.39, 0.29) is 6.79 Å². The molecule has 0 amide bonds. The second-order valence-electron chi connectivity index (χ2n) is 6.49. The summed E-state index contributed by atoms with van der Waals surface area (Å²) >= 11 is 1.49. The molecule has 3 heterocycles. The normalized spacial score (nSPS) is 12.3. The average Bonchev–Trinajstić information content (AvgIpc) is 3.41. The van der Waals surface area contributed by atoms with Gasteiger partial charge in [0.25, 0.3) is 0 Å². The van der Waals surface area contributed by atoms with E-state index in [2.05, 4.69) is 20.3 Å². The minimum absolute atomic E-state index is 0.251. The smallest absolute Gasteiger partial charge is 0.237 e. The quantitative estimate of drug-likeness (QED) is 0.449. The van der Waals surface area contributed by atoms with Crippen molar-refractivity contribution >= 4 is 11.8 Å². The van der Waals surface area contributed by atoms with Gasteiger partial charge in [-0.05, 0) is 43.3 Å². The van der Waals surface area contributed by atoms with E-state index >= 15 is 0 Å². The summed E-state index contributed by atoms with van der Waals surface area (Å²) in [7, 11) is 0. The Labute approximate surface area is 171 Å². The van der Waals surface area contributed by atoms with E-state index in [0.29, 0.717) is 17.5 Å². The number of ether oxygens (including phenoxy) is 2. The fourth-order valence-electron chi connectivity index (χ4n) is 2.96. The average molecular weight is 404 g/mol. The third kappa shape index (κ3) is 3.79. The molecular weight excluding hydrogens is 388 g/mol. The van der Waals surface area contributed by atoms with Crippen molar-refractivity contribution in [3.8, 4) is 34.1 Å². The van der Waals surface area contributed by atoms with Crippen LogP contribution in [0, 0.1) is 6.92 Å². The largest absolute Gasteiger partial charge is 0.454 e. The van der Waals surface area contributed by atoms with E-state index in [9.17, 15) is 0 Å². The standard InChI is InChI=1S/C21H16N4O3S/c1-13-3-2-4-15(9-13)21-22-19(28-25-21)11-29-20-8-6-16(23-24-20)14-5-7-17-18(10-14)27-12-26-17/h2-10H,11-12H2,1H3. The molecule has 0 radical (unpaired) electrons. The summed E-state index contributed by atoms with van der Waals surface area (Å²) in [5.41, 5.74) is 3.80. The lowest BCUT2D eigenvalue weighted by Crippen LogP contribution is -1.93. The number of rotatable bonds is 5. The summed E-state index contributed by atoms with van der Waals surface area (Å²) in [6.45, 7) is 2.29. The topological polar surface area (TPSA) is 83.2 Å². The molecule has 1 aliphatic rings. The first kappa shape index (κ1) is 17.7. The third-order valence-corrected chi connectivity index (χ3v) is 5.30. The fraction of sp³-hybridized carbons (Fsp3) is 0.143. The number of aromatic nitrogens is 4. The molecule has 0 spiro atoms. The third-order valence-electron chi connectivity index (χ3n) is 4.40. The molecule has 0 unspecified atom stereocenters. The van der Waals surface area contributed by atoms with Crippen molar-refractivity contribution in [1.29, 1.82) is 0 Å². The van der Waals surface area contributed by atoms with Gasteiger partial charge in [0, 0.05) is 11.1 Å². The molecule has 5 rings (SSSR count). The summed E-state index contributed by atoms with van der Waals surface area (Å²) in [5, 5.41) is 13.5. The molecule has 29 heavy (non-hydrogen) atoms. The van der Waals surface area contributed by atoms with Crippen molar-refractivity contribution < 1.29 is 14.0 Å². The molecule has 0 bridgehead atoms. The molecule has 0 saturated heterocycles. The van der Waals surface area contributed by atoms with Gasteiger partial charge in [0.1, 0.15) is 5.03 Å². The molecule has 4 aromatic rings. The first-order chi connectivity index (χ1) is 14.2. The lowest BCUT2D eigenvalue weighted by molar-refractivity contribution is 0.174. The van der Waals surface area contributed by atoms with E-state index in [1.165, 1.54) is 11.8 Å². The monoisotopic (exact) mass is 404 g/mol. The Bertz CT molecular complexity index is 1160. The number of benzene rings is 2. The molecule has 0 fully saturated rings. The van der Waals surface area contributed by atoms with Crippen molar-refractivity contribution in [2.24, 2.45) is 0 Å². The second-order valence-corrected chi connectivity index (χ2v) is 7.49. The van der Waals surface area contributed by atoms with Crippen molar-refractivity contribution in [2.75, 3.05) is 6.79 Å². The molecule has 0 atom stereocenters. The van der Waals surface area contributed by atoms with Crippen LogP contribution >= 0.6 is 11.8 Å². The molecule has 7 nitrogen and oxygen atoms in total. The first-order valence-electron chi connectivity index (χ1n) is 9.01. The SMILES string of the molecule is Cc1cccc(-c2noc(CSc3ccc(-c4ccc5c(c4)OCO5)nn3)n2)c1. The zero-order chi connectivity index (χ0) is 19.6. The maximum atomic E-state index is 5.41. The molecular formula is C21H16N4O3S. The van der Waals surface area contributed by atoms with Gasteiger partial charge in [0.15, 0.2) is 11.5 Å². The molecule has 0 aliphatic carbocycles. The first-order valence-corrected chi connectivity index (χ1v) is 9.99. The summed E-state index contributed by atoms with van der Waals surface area (Å²) in [6.07, 6.45) is 0. The molecule has 0 saturated carbocycles. The van der Waals surface area contributed by atoms with Crippen LogP contribution in [0.25, 0.3) is 22.6 Å².